The molecule has 3 fully saturated rings. The number of hydrogen-bond acceptors (Lipinski definition) is 7. The zero-order valence-corrected chi connectivity index (χ0v) is 13.3. The fraction of sp³-hybridized carbons (Fsp3) is 0.733. The van der Waals surface area contributed by atoms with E-state index < -0.39 is 0 Å². The molecular formula is C15H19N5OS. The lowest BCUT2D eigenvalue weighted by atomic mass is 9.96. The van der Waals surface area contributed by atoms with E-state index in [9.17, 15) is 0 Å². The minimum absolute atomic E-state index is 0.434. The maximum Gasteiger partial charge on any atom is 0.229 e. The van der Waals surface area contributed by atoms with Crippen LogP contribution in [-0.4, -0.2) is 32.6 Å². The molecule has 6 nitrogen and oxygen atoms in total. The van der Waals surface area contributed by atoms with Crippen LogP contribution in [0.25, 0.3) is 0 Å². The van der Waals surface area contributed by atoms with Crippen molar-refractivity contribution >= 4 is 16.7 Å². The third-order valence-electron chi connectivity index (χ3n) is 4.89. The van der Waals surface area contributed by atoms with Gasteiger partial charge in [0, 0.05) is 42.4 Å². The molecule has 1 aliphatic heterocycles. The summed E-state index contributed by atoms with van der Waals surface area (Å²) < 4.78 is 9.90. The van der Waals surface area contributed by atoms with Crippen molar-refractivity contribution in [3.05, 3.63) is 17.5 Å². The summed E-state index contributed by atoms with van der Waals surface area (Å²) in [6.07, 6.45) is 7.09. The molecule has 22 heavy (non-hydrogen) atoms. The molecule has 3 aliphatic rings. The summed E-state index contributed by atoms with van der Waals surface area (Å²) in [5.41, 5.74) is 0. The lowest BCUT2D eigenvalue weighted by molar-refractivity contribution is 0.365. The standard InChI is InChI=1S/C15H19N5OS/c1-2-9(1)13-17-15(22-19-13)20-7-5-10(6-8-20)12-16-14(21-18-12)11-3-4-11/h9-11H,1-8H2. The molecule has 5 rings (SSSR count). The Bertz CT molecular complexity index is 609. The Morgan fingerprint density at radius 2 is 1.59 bits per heavy atom. The van der Waals surface area contributed by atoms with E-state index in [0.29, 0.717) is 17.8 Å². The second-order valence-corrected chi connectivity index (χ2v) is 7.47. The monoisotopic (exact) mass is 317 g/mol. The van der Waals surface area contributed by atoms with E-state index in [1.165, 1.54) is 25.7 Å². The molecule has 2 aromatic heterocycles. The van der Waals surface area contributed by atoms with Gasteiger partial charge in [0.15, 0.2) is 5.82 Å². The van der Waals surface area contributed by atoms with Gasteiger partial charge in [0.25, 0.3) is 0 Å². The number of anilines is 1. The van der Waals surface area contributed by atoms with Crippen molar-refractivity contribution in [2.45, 2.75) is 56.3 Å². The molecule has 0 atom stereocenters. The number of aromatic nitrogens is 4. The maximum absolute atomic E-state index is 5.39. The lowest BCUT2D eigenvalue weighted by Crippen LogP contribution is -2.33. The Kier molecular flexibility index (Phi) is 2.96. The quantitative estimate of drug-likeness (QED) is 0.863. The largest absolute Gasteiger partial charge is 0.347 e. The van der Waals surface area contributed by atoms with Crippen molar-refractivity contribution in [2.24, 2.45) is 0 Å². The molecule has 2 saturated carbocycles. The first-order valence-corrected chi connectivity index (χ1v) is 9.06. The van der Waals surface area contributed by atoms with Gasteiger partial charge in [-0.3, -0.25) is 0 Å². The molecular weight excluding hydrogens is 298 g/mol. The van der Waals surface area contributed by atoms with Crippen LogP contribution in [-0.2, 0) is 0 Å². The van der Waals surface area contributed by atoms with Crippen molar-refractivity contribution < 1.29 is 4.52 Å². The van der Waals surface area contributed by atoms with Crippen LogP contribution in [0.1, 0.15) is 73.8 Å². The van der Waals surface area contributed by atoms with Crippen molar-refractivity contribution in [2.75, 3.05) is 18.0 Å². The topological polar surface area (TPSA) is 67.9 Å². The molecule has 0 spiro atoms. The first kappa shape index (κ1) is 13.0. The van der Waals surface area contributed by atoms with Gasteiger partial charge in [-0.05, 0) is 38.5 Å². The summed E-state index contributed by atoms with van der Waals surface area (Å²) in [5.74, 6) is 4.46. The highest BCUT2D eigenvalue weighted by Gasteiger charge is 2.33. The van der Waals surface area contributed by atoms with E-state index in [1.807, 2.05) is 0 Å². The van der Waals surface area contributed by atoms with Crippen LogP contribution in [0.15, 0.2) is 4.52 Å². The number of piperidine rings is 1. The van der Waals surface area contributed by atoms with Crippen LogP contribution in [0, 0.1) is 0 Å². The summed E-state index contributed by atoms with van der Waals surface area (Å²) in [4.78, 5) is 11.7. The molecule has 2 aromatic rings. The Hall–Kier alpha value is -1.50. The van der Waals surface area contributed by atoms with E-state index in [0.717, 1.165) is 48.6 Å². The highest BCUT2D eigenvalue weighted by Crippen LogP contribution is 2.41. The van der Waals surface area contributed by atoms with Gasteiger partial charge >= 0.3 is 0 Å². The molecule has 7 heteroatoms. The molecule has 3 heterocycles. The van der Waals surface area contributed by atoms with Gasteiger partial charge in [0.1, 0.15) is 5.82 Å². The Balaban J connectivity index is 1.23. The average Bonchev–Trinajstić information content (AvgIpc) is 3.49. The van der Waals surface area contributed by atoms with Gasteiger partial charge in [-0.2, -0.15) is 9.36 Å². The minimum atomic E-state index is 0.434. The predicted octanol–water partition coefficient (Wildman–Crippen LogP) is 3.06. The predicted molar refractivity (Wildman–Crippen MR) is 82.3 cm³/mol. The molecule has 116 valence electrons. The van der Waals surface area contributed by atoms with E-state index in [4.69, 9.17) is 9.51 Å². The normalized spacial score (nSPS) is 23.2. The van der Waals surface area contributed by atoms with E-state index in [1.54, 1.807) is 11.5 Å². The van der Waals surface area contributed by atoms with Gasteiger partial charge in [-0.15, -0.1) is 0 Å². The summed E-state index contributed by atoms with van der Waals surface area (Å²) >= 11 is 1.55. The maximum atomic E-state index is 5.39. The number of rotatable bonds is 4. The molecule has 0 aromatic carbocycles. The molecule has 0 amide bonds. The molecule has 0 unspecified atom stereocenters. The van der Waals surface area contributed by atoms with Crippen LogP contribution >= 0.6 is 11.5 Å². The fourth-order valence-corrected chi connectivity index (χ4v) is 3.90. The van der Waals surface area contributed by atoms with Gasteiger partial charge < -0.3 is 9.42 Å². The Morgan fingerprint density at radius 3 is 2.32 bits per heavy atom. The Morgan fingerprint density at radius 1 is 0.864 bits per heavy atom. The molecule has 0 radical (unpaired) electrons. The van der Waals surface area contributed by atoms with Crippen molar-refractivity contribution in [3.63, 3.8) is 0 Å². The molecule has 0 bridgehead atoms. The Labute approximate surface area is 133 Å². The lowest BCUT2D eigenvalue weighted by Gasteiger charge is -2.29. The average molecular weight is 317 g/mol. The number of nitrogens with zero attached hydrogens (tertiary/aromatic N) is 5. The minimum Gasteiger partial charge on any atom is -0.347 e. The highest BCUT2D eigenvalue weighted by molar-refractivity contribution is 7.09. The summed E-state index contributed by atoms with van der Waals surface area (Å²) in [7, 11) is 0. The van der Waals surface area contributed by atoms with Crippen LogP contribution in [0.4, 0.5) is 5.13 Å². The number of hydrogen-bond donors (Lipinski definition) is 0. The summed E-state index contributed by atoms with van der Waals surface area (Å²) in [6, 6.07) is 0. The van der Waals surface area contributed by atoms with Crippen LogP contribution < -0.4 is 4.90 Å². The van der Waals surface area contributed by atoms with E-state index in [-0.39, 0.29) is 0 Å². The smallest absolute Gasteiger partial charge is 0.229 e. The van der Waals surface area contributed by atoms with Gasteiger partial charge in [0.05, 0.1) is 0 Å². The van der Waals surface area contributed by atoms with Gasteiger partial charge in [-0.25, -0.2) is 4.98 Å². The van der Waals surface area contributed by atoms with E-state index >= 15 is 0 Å². The van der Waals surface area contributed by atoms with Crippen LogP contribution in [0.5, 0.6) is 0 Å². The first-order chi connectivity index (χ1) is 10.9. The first-order valence-electron chi connectivity index (χ1n) is 8.29. The van der Waals surface area contributed by atoms with Crippen molar-refractivity contribution in [1.29, 1.82) is 0 Å². The summed E-state index contributed by atoms with van der Waals surface area (Å²) in [5, 5.41) is 5.29. The van der Waals surface area contributed by atoms with E-state index in [2.05, 4.69) is 19.4 Å². The van der Waals surface area contributed by atoms with Crippen molar-refractivity contribution in [3.8, 4) is 0 Å². The second kappa shape index (κ2) is 5.01. The van der Waals surface area contributed by atoms with Gasteiger partial charge in [0.2, 0.25) is 11.0 Å². The molecule has 0 N–H and O–H groups in total. The van der Waals surface area contributed by atoms with Crippen LogP contribution in [0.3, 0.4) is 0 Å². The fourth-order valence-electron chi connectivity index (χ4n) is 3.10. The summed E-state index contributed by atoms with van der Waals surface area (Å²) in [6.45, 7) is 2.02. The molecule has 1 saturated heterocycles. The molecule has 2 aliphatic carbocycles. The second-order valence-electron chi connectivity index (χ2n) is 6.74. The third kappa shape index (κ3) is 2.41. The SMILES string of the molecule is C1CN(c2nc(C3CC3)ns2)CCC1c1noc(C2CC2)n1. The zero-order chi connectivity index (χ0) is 14.5. The zero-order valence-electron chi connectivity index (χ0n) is 12.4. The van der Waals surface area contributed by atoms with Crippen molar-refractivity contribution in [1.82, 2.24) is 19.5 Å². The van der Waals surface area contributed by atoms with Crippen LogP contribution in [0.2, 0.25) is 0 Å². The van der Waals surface area contributed by atoms with Gasteiger partial charge in [-0.1, -0.05) is 5.16 Å². The third-order valence-corrected chi connectivity index (χ3v) is 5.68. The highest BCUT2D eigenvalue weighted by atomic mass is 32.1.